The molecule has 0 saturated heterocycles. The number of hydrogen-bond donors (Lipinski definition) is 4. The highest BCUT2D eigenvalue weighted by Gasteiger charge is 2.28. The van der Waals surface area contributed by atoms with Crippen molar-refractivity contribution in [2.24, 2.45) is 5.73 Å². The molecule has 12 nitrogen and oxygen atoms in total. The number of carbonyl (C=O) groups excluding carboxylic acids is 5. The second kappa shape index (κ2) is 13.6. The van der Waals surface area contributed by atoms with E-state index in [2.05, 4.69) is 20.7 Å². The molecule has 0 bridgehead atoms. The lowest BCUT2D eigenvalue weighted by Crippen LogP contribution is -2.52. The summed E-state index contributed by atoms with van der Waals surface area (Å²) in [7, 11) is 1.11. The summed E-state index contributed by atoms with van der Waals surface area (Å²) in [5.41, 5.74) is 3.96. The van der Waals surface area contributed by atoms with Crippen molar-refractivity contribution in [3.05, 3.63) is 0 Å². The third kappa shape index (κ3) is 14.7. The van der Waals surface area contributed by atoms with Gasteiger partial charge >= 0.3 is 18.0 Å². The number of ether oxygens (including phenoxy) is 3. The smallest absolute Gasteiger partial charge is 0.408 e. The molecule has 2 atom stereocenters. The molecule has 0 aliphatic rings. The van der Waals surface area contributed by atoms with E-state index in [4.69, 9.17) is 15.2 Å². The van der Waals surface area contributed by atoms with Crippen LogP contribution in [0.4, 0.5) is 4.79 Å². The fourth-order valence-electron chi connectivity index (χ4n) is 2.46. The van der Waals surface area contributed by atoms with E-state index in [1.807, 2.05) is 0 Å². The minimum Gasteiger partial charge on any atom is -0.467 e. The molecule has 3 amide bonds. The van der Waals surface area contributed by atoms with Crippen molar-refractivity contribution in [3.8, 4) is 0 Å². The number of alkyl carbamates (subject to hydrolysis) is 1. The molecule has 190 valence electrons. The number of hydrogen-bond acceptors (Lipinski definition) is 9. The minimum atomic E-state index is -1.29. The van der Waals surface area contributed by atoms with Crippen molar-refractivity contribution >= 4 is 29.8 Å². The van der Waals surface area contributed by atoms with Gasteiger partial charge in [-0.05, 0) is 60.9 Å². The number of nitrogens with one attached hydrogen (secondary N) is 3. The van der Waals surface area contributed by atoms with Crippen LogP contribution in [0.25, 0.3) is 0 Å². The Morgan fingerprint density at radius 1 is 0.879 bits per heavy atom. The molecule has 0 radical (unpaired) electrons. The molecule has 0 heterocycles. The Hall–Kier alpha value is -2.89. The van der Waals surface area contributed by atoms with E-state index in [0.717, 1.165) is 7.11 Å². The molecule has 12 heteroatoms. The molecule has 0 aromatic carbocycles. The van der Waals surface area contributed by atoms with Crippen LogP contribution in [0, 0.1) is 0 Å². The first-order chi connectivity index (χ1) is 15.1. The summed E-state index contributed by atoms with van der Waals surface area (Å²) in [5.74, 6) is -2.91. The van der Waals surface area contributed by atoms with Gasteiger partial charge in [-0.1, -0.05) is 0 Å². The summed E-state index contributed by atoms with van der Waals surface area (Å²) in [6.45, 7) is 9.83. The molecule has 0 fully saturated rings. The van der Waals surface area contributed by atoms with Gasteiger partial charge < -0.3 is 35.9 Å². The molecule has 0 saturated carbocycles. The number of esters is 2. The third-order valence-electron chi connectivity index (χ3n) is 3.74. The molecular weight excluding hydrogens is 436 g/mol. The van der Waals surface area contributed by atoms with Crippen LogP contribution < -0.4 is 21.7 Å². The van der Waals surface area contributed by atoms with E-state index in [-0.39, 0.29) is 6.42 Å². The SMILES string of the molecule is COC(=O)[C@H](CC(=O)OC(C)(C)C)NC(=O)CNC(=O)[C@H](CCCN)NC(=O)OC(C)(C)C. The number of methoxy groups -OCH3 is 1. The summed E-state index contributed by atoms with van der Waals surface area (Å²) in [6.07, 6.45) is -0.553. The number of rotatable bonds is 11. The van der Waals surface area contributed by atoms with E-state index in [9.17, 15) is 24.0 Å². The number of amides is 3. The Kier molecular flexibility index (Phi) is 12.4. The van der Waals surface area contributed by atoms with E-state index in [0.29, 0.717) is 13.0 Å². The van der Waals surface area contributed by atoms with Crippen LogP contribution in [0.3, 0.4) is 0 Å². The highest BCUT2D eigenvalue weighted by molar-refractivity contribution is 5.92. The Morgan fingerprint density at radius 3 is 1.94 bits per heavy atom. The maximum atomic E-state index is 12.5. The van der Waals surface area contributed by atoms with Gasteiger partial charge in [-0.25, -0.2) is 9.59 Å². The topological polar surface area (TPSA) is 175 Å². The van der Waals surface area contributed by atoms with Crippen molar-refractivity contribution in [3.63, 3.8) is 0 Å². The van der Waals surface area contributed by atoms with Crippen LogP contribution in [-0.2, 0) is 33.4 Å². The van der Waals surface area contributed by atoms with Crippen LogP contribution in [0.5, 0.6) is 0 Å². The third-order valence-corrected chi connectivity index (χ3v) is 3.74. The van der Waals surface area contributed by atoms with Gasteiger partial charge in [-0.15, -0.1) is 0 Å². The summed E-state index contributed by atoms with van der Waals surface area (Å²) in [6, 6.07) is -2.27. The largest absolute Gasteiger partial charge is 0.467 e. The van der Waals surface area contributed by atoms with Gasteiger partial charge in [0.15, 0.2) is 0 Å². The molecule has 33 heavy (non-hydrogen) atoms. The van der Waals surface area contributed by atoms with Crippen molar-refractivity contribution in [1.82, 2.24) is 16.0 Å². The average Bonchev–Trinajstić information content (AvgIpc) is 2.65. The van der Waals surface area contributed by atoms with Crippen molar-refractivity contribution in [2.75, 3.05) is 20.2 Å². The molecule has 0 aliphatic carbocycles. The maximum absolute atomic E-state index is 12.5. The number of carbonyl (C=O) groups is 5. The van der Waals surface area contributed by atoms with E-state index < -0.39 is 66.1 Å². The maximum Gasteiger partial charge on any atom is 0.408 e. The predicted octanol–water partition coefficient (Wildman–Crippen LogP) is 0.124. The Bertz CT molecular complexity index is 697. The Labute approximate surface area is 194 Å². The van der Waals surface area contributed by atoms with E-state index in [1.54, 1.807) is 41.5 Å². The van der Waals surface area contributed by atoms with Crippen LogP contribution in [0.1, 0.15) is 60.8 Å². The van der Waals surface area contributed by atoms with Crippen molar-refractivity contribution < 1.29 is 38.2 Å². The lowest BCUT2D eigenvalue weighted by atomic mass is 10.1. The summed E-state index contributed by atoms with van der Waals surface area (Å²) < 4.78 is 14.9. The first-order valence-corrected chi connectivity index (χ1v) is 10.6. The van der Waals surface area contributed by atoms with Gasteiger partial charge in [-0.3, -0.25) is 14.4 Å². The van der Waals surface area contributed by atoms with Crippen LogP contribution >= 0.6 is 0 Å². The Balaban J connectivity index is 4.97. The van der Waals surface area contributed by atoms with Gasteiger partial charge in [-0.2, -0.15) is 0 Å². The van der Waals surface area contributed by atoms with E-state index >= 15 is 0 Å². The zero-order chi connectivity index (χ0) is 25.8. The average molecular weight is 475 g/mol. The monoisotopic (exact) mass is 474 g/mol. The number of nitrogens with two attached hydrogens (primary N) is 1. The summed E-state index contributed by atoms with van der Waals surface area (Å²) >= 11 is 0. The highest BCUT2D eigenvalue weighted by atomic mass is 16.6. The standard InChI is InChI=1S/C21H38N4O8/c1-20(2,3)32-16(27)11-14(18(29)31-7)24-15(26)12-23-17(28)13(9-8-10-22)25-19(30)33-21(4,5)6/h13-14H,8-12,22H2,1-7H3,(H,23,28)(H,24,26)(H,25,30)/t13-,14-/m0/s1. The summed E-state index contributed by atoms with van der Waals surface area (Å²) in [5, 5.41) is 7.17. The second-order valence-electron chi connectivity index (χ2n) is 9.28. The lowest BCUT2D eigenvalue weighted by Gasteiger charge is -2.23. The summed E-state index contributed by atoms with van der Waals surface area (Å²) in [4.78, 5) is 60.7. The zero-order valence-corrected chi connectivity index (χ0v) is 20.5. The fraction of sp³-hybridized carbons (Fsp3) is 0.762. The molecule has 0 aromatic rings. The molecule has 0 aromatic heterocycles. The molecular formula is C21H38N4O8. The van der Waals surface area contributed by atoms with Crippen molar-refractivity contribution in [1.29, 1.82) is 0 Å². The van der Waals surface area contributed by atoms with Gasteiger partial charge in [0.25, 0.3) is 0 Å². The van der Waals surface area contributed by atoms with Gasteiger partial charge in [0, 0.05) is 0 Å². The fourth-order valence-corrected chi connectivity index (χ4v) is 2.46. The quantitative estimate of drug-likeness (QED) is 0.239. The van der Waals surface area contributed by atoms with Crippen LogP contribution in [-0.4, -0.2) is 73.3 Å². The molecule has 0 rings (SSSR count). The van der Waals surface area contributed by atoms with Gasteiger partial charge in [0.2, 0.25) is 11.8 Å². The molecule has 0 spiro atoms. The van der Waals surface area contributed by atoms with Crippen molar-refractivity contribution in [2.45, 2.75) is 84.1 Å². The molecule has 0 aliphatic heterocycles. The lowest BCUT2D eigenvalue weighted by molar-refractivity contribution is -0.159. The van der Waals surface area contributed by atoms with E-state index in [1.165, 1.54) is 0 Å². The minimum absolute atomic E-state index is 0.229. The predicted molar refractivity (Wildman–Crippen MR) is 119 cm³/mol. The highest BCUT2D eigenvalue weighted by Crippen LogP contribution is 2.10. The van der Waals surface area contributed by atoms with Crippen LogP contribution in [0.2, 0.25) is 0 Å². The first-order valence-electron chi connectivity index (χ1n) is 10.6. The van der Waals surface area contributed by atoms with Gasteiger partial charge in [0.05, 0.1) is 20.1 Å². The molecule has 5 N–H and O–H groups in total. The zero-order valence-electron chi connectivity index (χ0n) is 20.5. The van der Waals surface area contributed by atoms with Crippen LogP contribution in [0.15, 0.2) is 0 Å². The Morgan fingerprint density at radius 2 is 1.45 bits per heavy atom. The van der Waals surface area contributed by atoms with Gasteiger partial charge in [0.1, 0.15) is 23.3 Å². The molecule has 0 unspecified atom stereocenters. The first kappa shape index (κ1) is 30.1. The second-order valence-corrected chi connectivity index (χ2v) is 9.28. The normalized spacial score (nSPS) is 13.2.